The number of fused-ring (bicyclic) bond motifs is 1. The molecule has 0 radical (unpaired) electrons. The van der Waals surface area contributed by atoms with E-state index in [-0.39, 0.29) is 0 Å². The number of benzene rings is 1. The topological polar surface area (TPSA) is 52.6 Å². The van der Waals surface area contributed by atoms with Gasteiger partial charge < -0.3 is 9.47 Å². The molecule has 0 spiro atoms. The van der Waals surface area contributed by atoms with Crippen molar-refractivity contribution >= 4 is 11.9 Å². The van der Waals surface area contributed by atoms with Crippen LogP contribution in [-0.2, 0) is 22.3 Å². The molecule has 0 atom stereocenters. The maximum atomic E-state index is 12.5. The number of carbonyl (C=O) groups excluding carboxylic acids is 2. The third-order valence-corrected chi connectivity index (χ3v) is 3.47. The molecule has 1 aromatic rings. The summed E-state index contributed by atoms with van der Waals surface area (Å²) >= 11 is 0. The van der Waals surface area contributed by atoms with Crippen molar-refractivity contribution in [1.82, 2.24) is 0 Å². The minimum atomic E-state index is -0.610. The molecule has 0 N–H and O–H groups in total. The van der Waals surface area contributed by atoms with E-state index in [0.29, 0.717) is 11.1 Å². The second kappa shape index (κ2) is 5.99. The number of esters is 2. The zero-order chi connectivity index (χ0) is 17.4. The van der Waals surface area contributed by atoms with Gasteiger partial charge >= 0.3 is 11.9 Å². The van der Waals surface area contributed by atoms with Crippen molar-refractivity contribution in [3.63, 3.8) is 0 Å². The Labute approximate surface area is 138 Å². The van der Waals surface area contributed by atoms with Gasteiger partial charge in [-0.25, -0.2) is 9.59 Å². The molecule has 0 aromatic heterocycles. The van der Waals surface area contributed by atoms with Crippen LogP contribution in [0.1, 0.15) is 79.8 Å². The lowest BCUT2D eigenvalue weighted by atomic mass is 9.99. The molecule has 2 rings (SSSR count). The standard InChI is InChI=1S/C19H26O4/c1-18(2,3)22-16(20)14-10-12-8-7-9-13(12)11-15(14)17(21)23-19(4,5)6/h10-11H,7-9H2,1-6H3. The zero-order valence-electron chi connectivity index (χ0n) is 14.9. The predicted molar refractivity (Wildman–Crippen MR) is 88.8 cm³/mol. The average molecular weight is 318 g/mol. The lowest BCUT2D eigenvalue weighted by molar-refractivity contribution is 0.00185. The maximum absolute atomic E-state index is 12.5. The Kier molecular flexibility index (Phi) is 4.56. The van der Waals surface area contributed by atoms with Crippen molar-refractivity contribution < 1.29 is 19.1 Å². The molecular formula is C19H26O4. The van der Waals surface area contributed by atoms with Crippen LogP contribution in [0.4, 0.5) is 0 Å². The molecule has 0 saturated heterocycles. The van der Waals surface area contributed by atoms with Crippen LogP contribution in [0.25, 0.3) is 0 Å². The lowest BCUT2D eigenvalue weighted by Crippen LogP contribution is -2.28. The normalized spacial score (nSPS) is 14.3. The van der Waals surface area contributed by atoms with E-state index in [0.717, 1.165) is 30.4 Å². The van der Waals surface area contributed by atoms with Crippen LogP contribution in [0.3, 0.4) is 0 Å². The van der Waals surface area contributed by atoms with Crippen LogP contribution in [-0.4, -0.2) is 23.1 Å². The van der Waals surface area contributed by atoms with Crippen molar-refractivity contribution in [3.05, 3.63) is 34.4 Å². The quantitative estimate of drug-likeness (QED) is 0.771. The summed E-state index contributed by atoms with van der Waals surface area (Å²) < 4.78 is 10.9. The fourth-order valence-corrected chi connectivity index (χ4v) is 2.63. The monoisotopic (exact) mass is 318 g/mol. The van der Waals surface area contributed by atoms with E-state index < -0.39 is 23.1 Å². The average Bonchev–Trinajstić information content (AvgIpc) is 2.79. The highest BCUT2D eigenvalue weighted by Crippen LogP contribution is 2.28. The number of ether oxygens (including phenoxy) is 2. The van der Waals surface area contributed by atoms with E-state index in [9.17, 15) is 9.59 Å². The number of hydrogen-bond acceptors (Lipinski definition) is 4. The Bertz CT molecular complexity index is 575. The van der Waals surface area contributed by atoms with Crippen molar-refractivity contribution in [2.24, 2.45) is 0 Å². The van der Waals surface area contributed by atoms with Gasteiger partial charge in [0, 0.05) is 0 Å². The smallest absolute Gasteiger partial charge is 0.339 e. The molecule has 0 saturated carbocycles. The van der Waals surface area contributed by atoms with Gasteiger partial charge in [-0.15, -0.1) is 0 Å². The molecule has 1 aromatic carbocycles. The Hall–Kier alpha value is -1.84. The maximum Gasteiger partial charge on any atom is 0.339 e. The highest BCUT2D eigenvalue weighted by atomic mass is 16.6. The SMILES string of the molecule is CC(C)(C)OC(=O)c1cc2c(cc1C(=O)OC(C)(C)C)CCC2. The molecule has 0 amide bonds. The first-order chi connectivity index (χ1) is 10.5. The number of aryl methyl sites for hydroxylation is 2. The summed E-state index contributed by atoms with van der Waals surface area (Å²) in [6, 6.07) is 3.60. The van der Waals surface area contributed by atoms with Crippen molar-refractivity contribution in [1.29, 1.82) is 0 Å². The summed E-state index contributed by atoms with van der Waals surface area (Å²) in [5.74, 6) is -0.957. The van der Waals surface area contributed by atoms with Gasteiger partial charge in [-0.2, -0.15) is 0 Å². The van der Waals surface area contributed by atoms with Gasteiger partial charge in [0.25, 0.3) is 0 Å². The third kappa shape index (κ3) is 4.57. The van der Waals surface area contributed by atoms with E-state index in [1.165, 1.54) is 0 Å². The van der Waals surface area contributed by atoms with Crippen LogP contribution in [0, 0.1) is 0 Å². The number of rotatable bonds is 2. The molecule has 0 heterocycles. The van der Waals surface area contributed by atoms with Crippen molar-refractivity contribution in [2.75, 3.05) is 0 Å². The molecule has 0 fully saturated rings. The van der Waals surface area contributed by atoms with Gasteiger partial charge in [0.05, 0.1) is 11.1 Å². The Morgan fingerprint density at radius 3 is 1.43 bits per heavy atom. The second-order valence-electron chi connectivity index (χ2n) is 8.02. The van der Waals surface area contributed by atoms with Crippen molar-refractivity contribution in [2.45, 2.75) is 72.0 Å². The van der Waals surface area contributed by atoms with Gasteiger partial charge in [0.15, 0.2) is 0 Å². The summed E-state index contributed by atoms with van der Waals surface area (Å²) in [6.07, 6.45) is 2.90. The number of carbonyl (C=O) groups is 2. The minimum absolute atomic E-state index is 0.301. The highest BCUT2D eigenvalue weighted by molar-refractivity contribution is 6.03. The molecule has 0 bridgehead atoms. The van der Waals surface area contributed by atoms with Crippen molar-refractivity contribution in [3.8, 4) is 0 Å². The molecular weight excluding hydrogens is 292 g/mol. The fourth-order valence-electron chi connectivity index (χ4n) is 2.63. The Morgan fingerprint density at radius 2 is 1.13 bits per heavy atom. The largest absolute Gasteiger partial charge is 0.456 e. The Morgan fingerprint density at radius 1 is 0.783 bits per heavy atom. The van der Waals surface area contributed by atoms with E-state index in [2.05, 4.69) is 0 Å². The molecule has 0 aliphatic heterocycles. The van der Waals surface area contributed by atoms with E-state index in [4.69, 9.17) is 9.47 Å². The Balaban J connectivity index is 2.43. The summed E-state index contributed by atoms with van der Waals surface area (Å²) in [7, 11) is 0. The van der Waals surface area contributed by atoms with Crippen LogP contribution in [0.15, 0.2) is 12.1 Å². The van der Waals surface area contributed by atoms with Crippen LogP contribution in [0.5, 0.6) is 0 Å². The van der Waals surface area contributed by atoms with Gasteiger partial charge in [-0.05, 0) is 84.1 Å². The first-order valence-electron chi connectivity index (χ1n) is 8.09. The fraction of sp³-hybridized carbons (Fsp3) is 0.579. The van der Waals surface area contributed by atoms with Crippen LogP contribution >= 0.6 is 0 Å². The summed E-state index contributed by atoms with van der Waals surface area (Å²) in [4.78, 5) is 25.0. The third-order valence-electron chi connectivity index (χ3n) is 3.47. The molecule has 23 heavy (non-hydrogen) atoms. The minimum Gasteiger partial charge on any atom is -0.456 e. The summed E-state index contributed by atoms with van der Waals surface area (Å²) in [6.45, 7) is 10.9. The number of hydrogen-bond donors (Lipinski definition) is 0. The first kappa shape index (κ1) is 17.5. The molecule has 126 valence electrons. The van der Waals surface area contributed by atoms with Gasteiger partial charge in [-0.1, -0.05) is 0 Å². The second-order valence-corrected chi connectivity index (χ2v) is 8.02. The first-order valence-corrected chi connectivity index (χ1v) is 8.09. The van der Waals surface area contributed by atoms with Crippen LogP contribution in [0.2, 0.25) is 0 Å². The molecule has 4 heteroatoms. The van der Waals surface area contributed by atoms with E-state index >= 15 is 0 Å². The lowest BCUT2D eigenvalue weighted by Gasteiger charge is -2.23. The molecule has 0 unspecified atom stereocenters. The summed E-state index contributed by atoms with van der Waals surface area (Å²) in [5, 5.41) is 0. The van der Waals surface area contributed by atoms with E-state index in [1.807, 2.05) is 41.5 Å². The molecule has 1 aliphatic carbocycles. The zero-order valence-corrected chi connectivity index (χ0v) is 14.9. The predicted octanol–water partition coefficient (Wildman–Crippen LogP) is 4.09. The van der Waals surface area contributed by atoms with Gasteiger partial charge in [-0.3, -0.25) is 0 Å². The summed E-state index contributed by atoms with van der Waals surface area (Å²) in [5.41, 5.74) is 1.63. The van der Waals surface area contributed by atoms with Crippen LogP contribution < -0.4 is 0 Å². The molecule has 4 nitrogen and oxygen atoms in total. The van der Waals surface area contributed by atoms with Gasteiger partial charge in [0.1, 0.15) is 11.2 Å². The van der Waals surface area contributed by atoms with E-state index in [1.54, 1.807) is 12.1 Å². The molecule has 1 aliphatic rings. The highest BCUT2D eigenvalue weighted by Gasteiger charge is 2.28. The van der Waals surface area contributed by atoms with Gasteiger partial charge in [0.2, 0.25) is 0 Å².